The SMILES string of the molecule is Cc1ccccc1CS(=O)(=O)NCC1CN(c2ccc(F)cc2)C(=O)O1. The second-order valence-corrected chi connectivity index (χ2v) is 7.93. The average Bonchev–Trinajstić information content (AvgIpc) is 2.97. The van der Waals surface area contributed by atoms with Crippen LogP contribution in [0.2, 0.25) is 0 Å². The molecule has 8 heteroatoms. The maximum atomic E-state index is 13.0. The number of rotatable bonds is 6. The summed E-state index contributed by atoms with van der Waals surface area (Å²) in [6.07, 6.45) is -1.20. The number of anilines is 1. The third kappa shape index (κ3) is 4.39. The van der Waals surface area contributed by atoms with Gasteiger partial charge in [-0.1, -0.05) is 24.3 Å². The fraction of sp³-hybridized carbons (Fsp3) is 0.278. The average molecular weight is 378 g/mol. The highest BCUT2D eigenvalue weighted by Gasteiger charge is 2.33. The highest BCUT2D eigenvalue weighted by atomic mass is 32.2. The standard InChI is InChI=1S/C18H19FN2O4S/c1-13-4-2-3-5-14(13)12-26(23,24)20-10-17-11-21(18(22)25-17)16-8-6-15(19)7-9-16/h2-9,17,20H,10-12H2,1H3. The van der Waals surface area contributed by atoms with E-state index < -0.39 is 28.0 Å². The molecular weight excluding hydrogens is 359 g/mol. The Morgan fingerprint density at radius 1 is 1.19 bits per heavy atom. The van der Waals surface area contributed by atoms with Crippen LogP contribution in [0.15, 0.2) is 48.5 Å². The number of hydrogen-bond donors (Lipinski definition) is 1. The van der Waals surface area contributed by atoms with Crippen molar-refractivity contribution >= 4 is 21.8 Å². The first-order valence-corrected chi connectivity index (χ1v) is 9.75. The fourth-order valence-electron chi connectivity index (χ4n) is 2.71. The molecular formula is C18H19FN2O4S. The lowest BCUT2D eigenvalue weighted by Gasteiger charge is -2.13. The summed E-state index contributed by atoms with van der Waals surface area (Å²) >= 11 is 0. The number of nitrogens with one attached hydrogen (secondary N) is 1. The Balaban J connectivity index is 1.59. The molecule has 0 radical (unpaired) electrons. The molecule has 1 saturated heterocycles. The van der Waals surface area contributed by atoms with Gasteiger partial charge in [-0.3, -0.25) is 4.90 Å². The van der Waals surface area contributed by atoms with Crippen LogP contribution in [-0.4, -0.2) is 33.7 Å². The number of benzene rings is 2. The van der Waals surface area contributed by atoms with Crippen LogP contribution in [0.4, 0.5) is 14.9 Å². The van der Waals surface area contributed by atoms with Crippen molar-refractivity contribution in [3.05, 3.63) is 65.5 Å². The normalized spacial score (nSPS) is 17.4. The molecule has 6 nitrogen and oxygen atoms in total. The van der Waals surface area contributed by atoms with Gasteiger partial charge in [0.25, 0.3) is 0 Å². The van der Waals surface area contributed by atoms with Crippen molar-refractivity contribution < 1.29 is 22.3 Å². The summed E-state index contributed by atoms with van der Waals surface area (Å²) in [6.45, 7) is 2.03. The van der Waals surface area contributed by atoms with E-state index in [1.165, 1.54) is 29.2 Å². The van der Waals surface area contributed by atoms with Crippen LogP contribution in [0.3, 0.4) is 0 Å². The molecule has 3 rings (SSSR count). The zero-order valence-corrected chi connectivity index (χ0v) is 15.0. The van der Waals surface area contributed by atoms with Crippen molar-refractivity contribution in [3.8, 4) is 0 Å². The smallest absolute Gasteiger partial charge is 0.414 e. The van der Waals surface area contributed by atoms with E-state index in [4.69, 9.17) is 4.74 Å². The Bertz CT molecular complexity index is 900. The van der Waals surface area contributed by atoms with Crippen LogP contribution in [0, 0.1) is 12.7 Å². The quantitative estimate of drug-likeness (QED) is 0.838. The minimum absolute atomic E-state index is 0.0162. The van der Waals surface area contributed by atoms with Crippen LogP contribution in [-0.2, 0) is 20.5 Å². The minimum atomic E-state index is -3.56. The molecule has 1 amide bonds. The Hall–Kier alpha value is -2.45. The van der Waals surface area contributed by atoms with Crippen LogP contribution in [0.5, 0.6) is 0 Å². The number of carbonyl (C=O) groups is 1. The third-order valence-electron chi connectivity index (χ3n) is 4.15. The van der Waals surface area contributed by atoms with E-state index in [0.717, 1.165) is 11.1 Å². The maximum Gasteiger partial charge on any atom is 0.414 e. The van der Waals surface area contributed by atoms with E-state index in [0.29, 0.717) is 5.69 Å². The molecule has 1 heterocycles. The van der Waals surface area contributed by atoms with E-state index in [9.17, 15) is 17.6 Å². The summed E-state index contributed by atoms with van der Waals surface area (Å²) in [5, 5.41) is 0. The summed E-state index contributed by atoms with van der Waals surface area (Å²) in [5.41, 5.74) is 2.12. The van der Waals surface area contributed by atoms with Crippen molar-refractivity contribution in [3.63, 3.8) is 0 Å². The molecule has 1 aliphatic rings. The monoisotopic (exact) mass is 378 g/mol. The lowest BCUT2D eigenvalue weighted by molar-refractivity contribution is 0.143. The van der Waals surface area contributed by atoms with Gasteiger partial charge in [-0.15, -0.1) is 0 Å². The first kappa shape index (κ1) is 18.3. The lowest BCUT2D eigenvalue weighted by atomic mass is 10.1. The fourth-order valence-corrected chi connectivity index (χ4v) is 3.98. The van der Waals surface area contributed by atoms with Gasteiger partial charge in [-0.05, 0) is 42.3 Å². The van der Waals surface area contributed by atoms with Crippen LogP contribution < -0.4 is 9.62 Å². The third-order valence-corrected chi connectivity index (χ3v) is 5.45. The first-order chi connectivity index (χ1) is 12.3. The summed E-state index contributed by atoms with van der Waals surface area (Å²) < 4.78 is 45.2. The number of hydrogen-bond acceptors (Lipinski definition) is 4. The van der Waals surface area contributed by atoms with Crippen molar-refractivity contribution in [1.29, 1.82) is 0 Å². The number of aryl methyl sites for hydroxylation is 1. The van der Waals surface area contributed by atoms with Gasteiger partial charge in [0.1, 0.15) is 11.9 Å². The van der Waals surface area contributed by atoms with E-state index in [2.05, 4.69) is 4.72 Å². The van der Waals surface area contributed by atoms with Crippen molar-refractivity contribution in [2.45, 2.75) is 18.8 Å². The molecule has 2 aromatic carbocycles. The van der Waals surface area contributed by atoms with E-state index >= 15 is 0 Å². The maximum absolute atomic E-state index is 13.0. The first-order valence-electron chi connectivity index (χ1n) is 8.09. The van der Waals surface area contributed by atoms with Crippen molar-refractivity contribution in [2.24, 2.45) is 0 Å². The summed E-state index contributed by atoms with van der Waals surface area (Å²) in [6, 6.07) is 12.7. The Morgan fingerprint density at radius 3 is 2.58 bits per heavy atom. The molecule has 138 valence electrons. The molecule has 1 fully saturated rings. The van der Waals surface area contributed by atoms with Gasteiger partial charge in [0.15, 0.2) is 0 Å². The molecule has 1 unspecified atom stereocenters. The molecule has 0 saturated carbocycles. The van der Waals surface area contributed by atoms with Gasteiger partial charge >= 0.3 is 6.09 Å². The molecule has 0 aromatic heterocycles. The second kappa shape index (κ2) is 7.43. The van der Waals surface area contributed by atoms with Gasteiger partial charge in [0, 0.05) is 12.2 Å². The Kier molecular flexibility index (Phi) is 5.24. The molecule has 2 aromatic rings. The molecule has 0 bridgehead atoms. The Morgan fingerprint density at radius 2 is 1.88 bits per heavy atom. The molecule has 1 aliphatic heterocycles. The zero-order valence-electron chi connectivity index (χ0n) is 14.2. The molecule has 0 aliphatic carbocycles. The topological polar surface area (TPSA) is 75.7 Å². The van der Waals surface area contributed by atoms with Gasteiger partial charge < -0.3 is 4.74 Å². The largest absolute Gasteiger partial charge is 0.443 e. The van der Waals surface area contributed by atoms with Crippen LogP contribution >= 0.6 is 0 Å². The highest BCUT2D eigenvalue weighted by molar-refractivity contribution is 7.88. The van der Waals surface area contributed by atoms with Gasteiger partial charge in [0.05, 0.1) is 12.3 Å². The zero-order chi connectivity index (χ0) is 18.7. The summed E-state index contributed by atoms with van der Waals surface area (Å²) in [4.78, 5) is 13.3. The highest BCUT2D eigenvalue weighted by Crippen LogP contribution is 2.21. The van der Waals surface area contributed by atoms with Crippen LogP contribution in [0.1, 0.15) is 11.1 Å². The summed E-state index contributed by atoms with van der Waals surface area (Å²) in [5.74, 6) is -0.538. The molecule has 1 atom stereocenters. The number of sulfonamides is 1. The van der Waals surface area contributed by atoms with Gasteiger partial charge in [-0.2, -0.15) is 0 Å². The van der Waals surface area contributed by atoms with Crippen LogP contribution in [0.25, 0.3) is 0 Å². The number of amides is 1. The molecule has 26 heavy (non-hydrogen) atoms. The molecule has 1 N–H and O–H groups in total. The molecule has 0 spiro atoms. The predicted octanol–water partition coefficient (Wildman–Crippen LogP) is 2.58. The second-order valence-electron chi connectivity index (χ2n) is 6.13. The lowest BCUT2D eigenvalue weighted by Crippen LogP contribution is -2.35. The van der Waals surface area contributed by atoms with E-state index in [1.54, 1.807) is 12.1 Å². The van der Waals surface area contributed by atoms with E-state index in [1.807, 2.05) is 19.1 Å². The van der Waals surface area contributed by atoms with Crippen molar-refractivity contribution in [1.82, 2.24) is 4.72 Å². The number of carbonyl (C=O) groups excluding carboxylic acids is 1. The number of nitrogens with zero attached hydrogens (tertiary/aromatic N) is 1. The summed E-state index contributed by atoms with van der Waals surface area (Å²) in [7, 11) is -3.56. The number of ether oxygens (including phenoxy) is 1. The predicted molar refractivity (Wildman–Crippen MR) is 95.8 cm³/mol. The van der Waals surface area contributed by atoms with Gasteiger partial charge in [-0.25, -0.2) is 22.3 Å². The van der Waals surface area contributed by atoms with E-state index in [-0.39, 0.29) is 18.8 Å². The van der Waals surface area contributed by atoms with Crippen molar-refractivity contribution in [2.75, 3.05) is 18.0 Å². The van der Waals surface area contributed by atoms with Gasteiger partial charge in [0.2, 0.25) is 10.0 Å². The Labute approximate surface area is 151 Å². The number of halogens is 1. The minimum Gasteiger partial charge on any atom is -0.443 e. The number of cyclic esters (lactones) is 1.